The highest BCUT2D eigenvalue weighted by atomic mass is 16.5. The minimum absolute atomic E-state index is 0.259. The molecule has 0 amide bonds. The summed E-state index contributed by atoms with van der Waals surface area (Å²) in [4.78, 5) is 9.71. The number of nitrogens with zero attached hydrogens (tertiary/aromatic N) is 3. The summed E-state index contributed by atoms with van der Waals surface area (Å²) < 4.78 is 5.45. The molecule has 6 nitrogen and oxygen atoms in total. The number of hydrogen-bond acceptors (Lipinski definition) is 4. The number of aryl methyl sites for hydroxylation is 1. The van der Waals surface area contributed by atoms with Gasteiger partial charge in [0, 0.05) is 25.7 Å². The van der Waals surface area contributed by atoms with E-state index in [0.717, 1.165) is 31.2 Å². The third-order valence-corrected chi connectivity index (χ3v) is 6.93. The number of benzene rings is 1. The van der Waals surface area contributed by atoms with Gasteiger partial charge in [-0.25, -0.2) is 0 Å². The van der Waals surface area contributed by atoms with E-state index in [4.69, 9.17) is 4.74 Å². The lowest BCUT2D eigenvalue weighted by molar-refractivity contribution is 0.0173. The van der Waals surface area contributed by atoms with Crippen molar-refractivity contribution in [2.24, 2.45) is 4.99 Å². The van der Waals surface area contributed by atoms with Crippen LogP contribution >= 0.6 is 0 Å². The highest BCUT2D eigenvalue weighted by Gasteiger charge is 2.39. The fraction of sp³-hybridized carbons (Fsp3) is 0.708. The van der Waals surface area contributed by atoms with Crippen LogP contribution in [-0.4, -0.2) is 81.8 Å². The Morgan fingerprint density at radius 3 is 2.50 bits per heavy atom. The minimum Gasteiger partial charge on any atom is -0.496 e. The zero-order valence-corrected chi connectivity index (χ0v) is 19.5. The van der Waals surface area contributed by atoms with Gasteiger partial charge in [-0.3, -0.25) is 9.89 Å². The second-order valence-corrected chi connectivity index (χ2v) is 8.98. The van der Waals surface area contributed by atoms with E-state index in [1.807, 2.05) is 7.05 Å². The van der Waals surface area contributed by atoms with E-state index in [9.17, 15) is 0 Å². The number of piperidine rings is 2. The van der Waals surface area contributed by atoms with Gasteiger partial charge in [-0.1, -0.05) is 18.6 Å². The smallest absolute Gasteiger partial charge is 0.191 e. The Balaban J connectivity index is 1.53. The molecule has 3 rings (SSSR count). The van der Waals surface area contributed by atoms with E-state index >= 15 is 0 Å². The molecule has 1 aromatic carbocycles. The molecule has 2 aliphatic rings. The lowest BCUT2D eigenvalue weighted by Crippen LogP contribution is -2.62. The van der Waals surface area contributed by atoms with Crippen molar-refractivity contribution in [3.63, 3.8) is 0 Å². The quantitative estimate of drug-likeness (QED) is 0.530. The Hall–Kier alpha value is -1.79. The van der Waals surface area contributed by atoms with Crippen LogP contribution in [0.25, 0.3) is 0 Å². The van der Waals surface area contributed by atoms with Gasteiger partial charge in [0.1, 0.15) is 5.75 Å². The second-order valence-electron chi connectivity index (χ2n) is 8.98. The number of hydrogen-bond donors (Lipinski definition) is 2. The van der Waals surface area contributed by atoms with Crippen LogP contribution in [0.15, 0.2) is 23.2 Å². The lowest BCUT2D eigenvalue weighted by Gasteiger charge is -2.50. The molecule has 1 aromatic rings. The molecule has 0 bridgehead atoms. The maximum absolute atomic E-state index is 5.45. The summed E-state index contributed by atoms with van der Waals surface area (Å²) in [6.45, 7) is 8.75. The molecule has 0 radical (unpaired) electrons. The molecule has 0 spiro atoms. The Morgan fingerprint density at radius 2 is 1.83 bits per heavy atom. The molecule has 0 aromatic heterocycles. The van der Waals surface area contributed by atoms with Crippen LogP contribution in [0.4, 0.5) is 0 Å². The molecule has 2 saturated heterocycles. The van der Waals surface area contributed by atoms with Crippen LogP contribution in [0, 0.1) is 6.92 Å². The molecular weight excluding hydrogens is 374 g/mol. The molecule has 2 aliphatic heterocycles. The van der Waals surface area contributed by atoms with Crippen molar-refractivity contribution in [3.05, 3.63) is 29.3 Å². The standard InChI is InChI=1S/C24H41N5O/c1-20-8-9-21(18-22(20)30-4)10-13-26-23(25-2)27-19-24(11-16-28(3)17-12-24)29-14-6-5-7-15-29/h8-9,18H,5-7,10-17,19H2,1-4H3,(H2,25,26,27). The van der Waals surface area contributed by atoms with Crippen molar-refractivity contribution in [2.45, 2.75) is 51.0 Å². The Bertz CT molecular complexity index is 691. The number of rotatable bonds is 7. The SMILES string of the molecule is CN=C(NCCc1ccc(C)c(OC)c1)NCC1(N2CCCCC2)CCN(C)CC1. The van der Waals surface area contributed by atoms with Crippen LogP contribution in [0.2, 0.25) is 0 Å². The van der Waals surface area contributed by atoms with Gasteiger partial charge in [0.15, 0.2) is 5.96 Å². The van der Waals surface area contributed by atoms with Gasteiger partial charge in [0.25, 0.3) is 0 Å². The van der Waals surface area contributed by atoms with E-state index in [0.29, 0.717) is 0 Å². The molecule has 0 aliphatic carbocycles. The maximum atomic E-state index is 5.45. The molecule has 2 heterocycles. The third kappa shape index (κ3) is 5.88. The molecule has 2 N–H and O–H groups in total. The van der Waals surface area contributed by atoms with E-state index < -0.39 is 0 Å². The third-order valence-electron chi connectivity index (χ3n) is 6.93. The van der Waals surface area contributed by atoms with Gasteiger partial charge in [0.05, 0.1) is 7.11 Å². The minimum atomic E-state index is 0.259. The summed E-state index contributed by atoms with van der Waals surface area (Å²) in [6, 6.07) is 6.44. The van der Waals surface area contributed by atoms with Crippen molar-refractivity contribution in [1.29, 1.82) is 0 Å². The molecule has 0 atom stereocenters. The van der Waals surface area contributed by atoms with Crippen molar-refractivity contribution in [3.8, 4) is 5.75 Å². The van der Waals surface area contributed by atoms with Crippen molar-refractivity contribution in [1.82, 2.24) is 20.4 Å². The molecular formula is C24H41N5O. The zero-order valence-electron chi connectivity index (χ0n) is 19.5. The average molecular weight is 416 g/mol. The van der Waals surface area contributed by atoms with Gasteiger partial charge >= 0.3 is 0 Å². The van der Waals surface area contributed by atoms with Gasteiger partial charge in [-0.05, 0) is 89.4 Å². The fourth-order valence-electron chi connectivity index (χ4n) is 4.82. The Labute approximate surface area is 183 Å². The van der Waals surface area contributed by atoms with Gasteiger partial charge in [-0.15, -0.1) is 0 Å². The first-order chi connectivity index (χ1) is 14.6. The Kier molecular flexibility index (Phi) is 8.40. The van der Waals surface area contributed by atoms with Crippen LogP contribution in [0.5, 0.6) is 5.75 Å². The first kappa shape index (κ1) is 22.9. The molecule has 168 valence electrons. The summed E-state index contributed by atoms with van der Waals surface area (Å²) in [5.41, 5.74) is 2.71. The van der Waals surface area contributed by atoms with Crippen molar-refractivity contribution < 1.29 is 4.74 Å². The summed E-state index contributed by atoms with van der Waals surface area (Å²) >= 11 is 0. The van der Waals surface area contributed by atoms with Crippen molar-refractivity contribution >= 4 is 5.96 Å². The maximum Gasteiger partial charge on any atom is 0.191 e. The van der Waals surface area contributed by atoms with Gasteiger partial charge < -0.3 is 20.3 Å². The fourth-order valence-corrected chi connectivity index (χ4v) is 4.82. The van der Waals surface area contributed by atoms with E-state index in [-0.39, 0.29) is 5.54 Å². The predicted molar refractivity (Wildman–Crippen MR) is 126 cm³/mol. The Morgan fingerprint density at radius 1 is 1.10 bits per heavy atom. The average Bonchev–Trinajstić information content (AvgIpc) is 2.79. The molecule has 30 heavy (non-hydrogen) atoms. The summed E-state index contributed by atoms with van der Waals surface area (Å²) in [6.07, 6.45) is 7.47. The predicted octanol–water partition coefficient (Wildman–Crippen LogP) is 2.66. The molecule has 0 saturated carbocycles. The van der Waals surface area contributed by atoms with Crippen LogP contribution in [0.3, 0.4) is 0 Å². The van der Waals surface area contributed by atoms with Crippen molar-refractivity contribution in [2.75, 3.05) is 60.5 Å². The summed E-state index contributed by atoms with van der Waals surface area (Å²) in [7, 11) is 5.85. The number of guanidine groups is 1. The number of ether oxygens (including phenoxy) is 1. The molecule has 0 unspecified atom stereocenters. The first-order valence-corrected chi connectivity index (χ1v) is 11.6. The van der Waals surface area contributed by atoms with Gasteiger partial charge in [0.2, 0.25) is 0 Å². The monoisotopic (exact) mass is 415 g/mol. The van der Waals surface area contributed by atoms with E-state index in [1.165, 1.54) is 69.4 Å². The highest BCUT2D eigenvalue weighted by molar-refractivity contribution is 5.79. The summed E-state index contributed by atoms with van der Waals surface area (Å²) in [5, 5.41) is 7.17. The van der Waals surface area contributed by atoms with E-state index in [1.54, 1.807) is 7.11 Å². The zero-order chi connectivity index (χ0) is 21.4. The van der Waals surface area contributed by atoms with E-state index in [2.05, 4.69) is 57.6 Å². The first-order valence-electron chi connectivity index (χ1n) is 11.6. The van der Waals surface area contributed by atoms with Crippen LogP contribution in [0.1, 0.15) is 43.2 Å². The lowest BCUT2D eigenvalue weighted by atomic mass is 9.84. The normalized spacial score (nSPS) is 20.7. The summed E-state index contributed by atoms with van der Waals surface area (Å²) in [5.74, 6) is 1.87. The topological polar surface area (TPSA) is 52.1 Å². The molecule has 2 fully saturated rings. The number of nitrogens with one attached hydrogen (secondary N) is 2. The van der Waals surface area contributed by atoms with Crippen LogP contribution in [-0.2, 0) is 6.42 Å². The molecule has 6 heteroatoms. The number of likely N-dealkylation sites (tertiary alicyclic amines) is 2. The van der Waals surface area contributed by atoms with Gasteiger partial charge in [-0.2, -0.15) is 0 Å². The second kappa shape index (κ2) is 11.0. The largest absolute Gasteiger partial charge is 0.496 e. The number of aliphatic imine (C=N–C) groups is 1. The van der Waals surface area contributed by atoms with Crippen LogP contribution < -0.4 is 15.4 Å². The highest BCUT2D eigenvalue weighted by Crippen LogP contribution is 2.30. The number of methoxy groups -OCH3 is 1.